The topological polar surface area (TPSA) is 75.6 Å². The zero-order valence-corrected chi connectivity index (χ0v) is 16.9. The van der Waals surface area contributed by atoms with E-state index in [0.29, 0.717) is 16.5 Å². The molecule has 0 aliphatic carbocycles. The van der Waals surface area contributed by atoms with Crippen molar-refractivity contribution in [1.29, 1.82) is 0 Å². The van der Waals surface area contributed by atoms with E-state index in [-0.39, 0.29) is 6.04 Å². The fourth-order valence-corrected chi connectivity index (χ4v) is 3.28. The molecule has 6 nitrogen and oxygen atoms in total. The SMILES string of the molecule is CC(C)NC(=S)Nc1ccc2nc(-c3ccccn3)c(-c3ccccn3)nc2c1. The zero-order valence-electron chi connectivity index (χ0n) is 16.1. The smallest absolute Gasteiger partial charge is 0.170 e. The van der Waals surface area contributed by atoms with Gasteiger partial charge in [0.25, 0.3) is 0 Å². The number of thiocarbonyl (C=S) groups is 1. The molecule has 4 rings (SSSR count). The average Bonchev–Trinajstić information content (AvgIpc) is 2.73. The lowest BCUT2D eigenvalue weighted by Crippen LogP contribution is -2.33. The third-order valence-electron chi connectivity index (χ3n) is 4.16. The molecule has 0 spiro atoms. The van der Waals surface area contributed by atoms with Gasteiger partial charge in [0, 0.05) is 24.1 Å². The summed E-state index contributed by atoms with van der Waals surface area (Å²) in [5.74, 6) is 0. The first-order valence-electron chi connectivity index (χ1n) is 9.32. The Balaban J connectivity index is 1.82. The van der Waals surface area contributed by atoms with Crippen molar-refractivity contribution in [3.8, 4) is 22.8 Å². The standard InChI is InChI=1S/C22H20N6S/c1-14(2)25-22(29)26-15-9-10-16-19(13-15)28-21(18-8-4-6-12-24-18)20(27-16)17-7-3-5-11-23-17/h3-14H,1-2H3,(H2,25,26,29). The predicted octanol–water partition coefficient (Wildman–Crippen LogP) is 4.45. The molecular formula is C22H20N6S. The van der Waals surface area contributed by atoms with Crippen molar-refractivity contribution < 1.29 is 0 Å². The quantitative estimate of drug-likeness (QED) is 0.490. The van der Waals surface area contributed by atoms with Crippen LogP contribution in [0.5, 0.6) is 0 Å². The van der Waals surface area contributed by atoms with Crippen LogP contribution in [0.15, 0.2) is 67.0 Å². The van der Waals surface area contributed by atoms with Gasteiger partial charge in [0.1, 0.15) is 11.4 Å². The molecule has 0 saturated heterocycles. The van der Waals surface area contributed by atoms with Crippen LogP contribution < -0.4 is 10.6 Å². The summed E-state index contributed by atoms with van der Waals surface area (Å²) in [6, 6.07) is 17.5. The lowest BCUT2D eigenvalue weighted by Gasteiger charge is -2.14. The number of pyridine rings is 2. The van der Waals surface area contributed by atoms with Crippen LogP contribution in [-0.4, -0.2) is 31.1 Å². The highest BCUT2D eigenvalue weighted by Crippen LogP contribution is 2.29. The van der Waals surface area contributed by atoms with Crippen molar-refractivity contribution in [1.82, 2.24) is 25.3 Å². The van der Waals surface area contributed by atoms with Crippen LogP contribution in [-0.2, 0) is 0 Å². The molecule has 144 valence electrons. The number of aromatic nitrogens is 4. The number of nitrogens with one attached hydrogen (secondary N) is 2. The fourth-order valence-electron chi connectivity index (χ4n) is 2.92. The number of rotatable bonds is 4. The summed E-state index contributed by atoms with van der Waals surface area (Å²) in [6.45, 7) is 4.08. The highest BCUT2D eigenvalue weighted by molar-refractivity contribution is 7.80. The molecule has 0 amide bonds. The minimum Gasteiger partial charge on any atom is -0.360 e. The van der Waals surface area contributed by atoms with Gasteiger partial charge in [0.05, 0.1) is 22.4 Å². The Hall–Kier alpha value is -3.45. The highest BCUT2D eigenvalue weighted by atomic mass is 32.1. The fraction of sp³-hybridized carbons (Fsp3) is 0.136. The van der Waals surface area contributed by atoms with Crippen LogP contribution in [0.4, 0.5) is 5.69 Å². The van der Waals surface area contributed by atoms with Crippen molar-refractivity contribution in [2.75, 3.05) is 5.32 Å². The molecule has 7 heteroatoms. The van der Waals surface area contributed by atoms with Gasteiger partial charge in [-0.25, -0.2) is 9.97 Å². The number of fused-ring (bicyclic) bond motifs is 1. The normalized spacial score (nSPS) is 10.9. The molecule has 1 aromatic carbocycles. The van der Waals surface area contributed by atoms with Crippen LogP contribution in [0.1, 0.15) is 13.8 Å². The van der Waals surface area contributed by atoms with E-state index in [1.165, 1.54) is 0 Å². The zero-order chi connectivity index (χ0) is 20.2. The van der Waals surface area contributed by atoms with Crippen molar-refractivity contribution in [3.63, 3.8) is 0 Å². The van der Waals surface area contributed by atoms with E-state index in [1.54, 1.807) is 12.4 Å². The van der Waals surface area contributed by atoms with Crippen molar-refractivity contribution in [2.24, 2.45) is 0 Å². The molecule has 3 aromatic heterocycles. The Labute approximate surface area is 174 Å². The van der Waals surface area contributed by atoms with Crippen LogP contribution in [0.2, 0.25) is 0 Å². The lowest BCUT2D eigenvalue weighted by atomic mass is 10.1. The summed E-state index contributed by atoms with van der Waals surface area (Å²) in [7, 11) is 0. The molecular weight excluding hydrogens is 380 g/mol. The van der Waals surface area contributed by atoms with Gasteiger partial charge in [-0.05, 0) is 68.5 Å². The first-order chi connectivity index (χ1) is 14.1. The number of hydrogen-bond acceptors (Lipinski definition) is 5. The summed E-state index contributed by atoms with van der Waals surface area (Å²) < 4.78 is 0. The van der Waals surface area contributed by atoms with E-state index in [0.717, 1.165) is 28.1 Å². The van der Waals surface area contributed by atoms with Crippen LogP contribution in [0, 0.1) is 0 Å². The van der Waals surface area contributed by atoms with Crippen LogP contribution in [0.3, 0.4) is 0 Å². The summed E-state index contributed by atoms with van der Waals surface area (Å²) in [5.41, 5.74) is 5.28. The second-order valence-corrected chi connectivity index (χ2v) is 7.22. The molecule has 0 bridgehead atoms. The van der Waals surface area contributed by atoms with Gasteiger partial charge in [-0.1, -0.05) is 12.1 Å². The first kappa shape index (κ1) is 18.9. The molecule has 0 atom stereocenters. The maximum Gasteiger partial charge on any atom is 0.170 e. The molecule has 0 aliphatic rings. The Morgan fingerprint density at radius 2 is 1.45 bits per heavy atom. The largest absolute Gasteiger partial charge is 0.360 e. The maximum atomic E-state index is 5.35. The summed E-state index contributed by atoms with van der Waals surface area (Å²) in [4.78, 5) is 18.7. The Bertz CT molecular complexity index is 1150. The van der Waals surface area contributed by atoms with E-state index in [2.05, 4.69) is 20.6 Å². The predicted molar refractivity (Wildman–Crippen MR) is 120 cm³/mol. The summed E-state index contributed by atoms with van der Waals surface area (Å²) in [5, 5.41) is 6.94. The van der Waals surface area contributed by atoms with Gasteiger partial charge < -0.3 is 10.6 Å². The molecule has 3 heterocycles. The Morgan fingerprint density at radius 1 is 0.828 bits per heavy atom. The van der Waals surface area contributed by atoms with Gasteiger partial charge in [-0.3, -0.25) is 9.97 Å². The van der Waals surface area contributed by atoms with Crippen LogP contribution >= 0.6 is 12.2 Å². The van der Waals surface area contributed by atoms with Crippen molar-refractivity contribution in [2.45, 2.75) is 19.9 Å². The average molecular weight is 401 g/mol. The molecule has 29 heavy (non-hydrogen) atoms. The number of benzene rings is 1. The maximum absolute atomic E-state index is 5.35. The first-order valence-corrected chi connectivity index (χ1v) is 9.73. The molecule has 0 fully saturated rings. The highest BCUT2D eigenvalue weighted by Gasteiger charge is 2.15. The third kappa shape index (κ3) is 4.35. The van der Waals surface area contributed by atoms with Crippen molar-refractivity contribution >= 4 is 34.1 Å². The van der Waals surface area contributed by atoms with Crippen molar-refractivity contribution in [3.05, 3.63) is 67.0 Å². The molecule has 0 radical (unpaired) electrons. The molecule has 0 unspecified atom stereocenters. The molecule has 2 N–H and O–H groups in total. The van der Waals surface area contributed by atoms with Gasteiger partial charge >= 0.3 is 0 Å². The number of nitrogens with zero attached hydrogens (tertiary/aromatic N) is 4. The van der Waals surface area contributed by atoms with Gasteiger partial charge in [0.2, 0.25) is 0 Å². The minimum atomic E-state index is 0.256. The van der Waals surface area contributed by atoms with Gasteiger partial charge in [0.15, 0.2) is 5.11 Å². The van der Waals surface area contributed by atoms with E-state index in [1.807, 2.05) is 68.4 Å². The van der Waals surface area contributed by atoms with Crippen LogP contribution in [0.25, 0.3) is 33.8 Å². The molecule has 0 saturated carbocycles. The summed E-state index contributed by atoms with van der Waals surface area (Å²) in [6.07, 6.45) is 3.50. The molecule has 4 aromatic rings. The van der Waals surface area contributed by atoms with E-state index in [4.69, 9.17) is 22.2 Å². The second kappa shape index (κ2) is 8.28. The monoisotopic (exact) mass is 400 g/mol. The summed E-state index contributed by atoms with van der Waals surface area (Å²) >= 11 is 5.35. The van der Waals surface area contributed by atoms with Gasteiger partial charge in [-0.2, -0.15) is 0 Å². The third-order valence-corrected chi connectivity index (χ3v) is 4.38. The van der Waals surface area contributed by atoms with E-state index in [9.17, 15) is 0 Å². The lowest BCUT2D eigenvalue weighted by molar-refractivity contribution is 0.739. The Kier molecular flexibility index (Phi) is 5.39. The molecule has 0 aliphatic heterocycles. The number of anilines is 1. The minimum absolute atomic E-state index is 0.256. The van der Waals surface area contributed by atoms with E-state index < -0.39 is 0 Å². The van der Waals surface area contributed by atoms with Gasteiger partial charge in [-0.15, -0.1) is 0 Å². The number of hydrogen-bond donors (Lipinski definition) is 2. The second-order valence-electron chi connectivity index (χ2n) is 6.81. The Morgan fingerprint density at radius 3 is 2.00 bits per heavy atom. The van der Waals surface area contributed by atoms with E-state index >= 15 is 0 Å².